The van der Waals surface area contributed by atoms with Crippen LogP contribution in [0.15, 0.2) is 55.2 Å². The minimum absolute atomic E-state index is 0.290. The summed E-state index contributed by atoms with van der Waals surface area (Å²) in [5.74, 6) is 1.45. The number of aromatic amines is 1. The number of rotatable bonds is 6. The molecule has 30 heavy (non-hydrogen) atoms. The van der Waals surface area contributed by atoms with Gasteiger partial charge in [-0.25, -0.2) is 29.3 Å². The average Bonchev–Trinajstić information content (AvgIpc) is 3.39. The average molecular weight is 404 g/mol. The van der Waals surface area contributed by atoms with Crippen LogP contribution in [0.1, 0.15) is 11.9 Å². The van der Waals surface area contributed by atoms with Crippen LogP contribution in [0.2, 0.25) is 0 Å². The molecule has 0 aliphatic rings. The van der Waals surface area contributed by atoms with Crippen LogP contribution in [0.3, 0.4) is 0 Å². The van der Waals surface area contributed by atoms with Gasteiger partial charge in [0.2, 0.25) is 0 Å². The molecule has 0 amide bonds. The van der Waals surface area contributed by atoms with Crippen molar-refractivity contribution in [1.29, 1.82) is 0 Å². The van der Waals surface area contributed by atoms with E-state index in [4.69, 9.17) is 9.72 Å². The summed E-state index contributed by atoms with van der Waals surface area (Å²) in [6.07, 6.45) is 4.68. The van der Waals surface area contributed by atoms with Gasteiger partial charge < -0.3 is 15.0 Å². The number of hydrogen-bond donors (Lipinski definition) is 2. The summed E-state index contributed by atoms with van der Waals surface area (Å²) in [6, 6.07) is 9.61. The van der Waals surface area contributed by atoms with Gasteiger partial charge >= 0.3 is 0 Å². The molecule has 5 aromatic rings. The van der Waals surface area contributed by atoms with Crippen molar-refractivity contribution in [1.82, 2.24) is 34.5 Å². The zero-order valence-electron chi connectivity index (χ0n) is 16.0. The van der Waals surface area contributed by atoms with E-state index >= 15 is 0 Å². The first-order chi connectivity index (χ1) is 14.7. The number of anilines is 1. The van der Waals surface area contributed by atoms with Gasteiger partial charge in [-0.2, -0.15) is 0 Å². The normalized spacial score (nSPS) is 12.5. The molecule has 0 saturated heterocycles. The smallest absolute Gasteiger partial charge is 0.182 e. The van der Waals surface area contributed by atoms with E-state index in [1.807, 2.05) is 22.8 Å². The predicted molar refractivity (Wildman–Crippen MR) is 109 cm³/mol. The number of pyridine rings is 1. The zero-order chi connectivity index (χ0) is 20.5. The first-order valence-corrected chi connectivity index (χ1v) is 9.23. The van der Waals surface area contributed by atoms with Crippen molar-refractivity contribution in [3.8, 4) is 5.82 Å². The van der Waals surface area contributed by atoms with Crippen molar-refractivity contribution in [2.24, 2.45) is 0 Å². The fraction of sp³-hybridized carbons (Fsp3) is 0.150. The standard InChI is InChI=1S/C20H17FN8O/c1-30-9-14(27-19-17-18(24-10-23-17)25-11-26-19)20-28-13-6-5-12(21)8-15(13)29(20)16-4-2-3-7-22-16/h2-8,10-11,14H,9H2,1H3,(H2,23,24,25,26,27)/t14-/m0/s1. The maximum atomic E-state index is 14.0. The molecule has 0 aliphatic heterocycles. The van der Waals surface area contributed by atoms with Crippen LogP contribution in [0.25, 0.3) is 28.0 Å². The van der Waals surface area contributed by atoms with Crippen molar-refractivity contribution >= 4 is 28.0 Å². The molecule has 0 unspecified atom stereocenters. The molecule has 4 aromatic heterocycles. The Balaban J connectivity index is 1.68. The molecular weight excluding hydrogens is 387 g/mol. The molecular formula is C20H17FN8O. The highest BCUT2D eigenvalue weighted by Gasteiger charge is 2.24. The molecule has 0 fully saturated rings. The molecule has 0 spiro atoms. The van der Waals surface area contributed by atoms with Crippen molar-refractivity contribution in [3.05, 3.63) is 66.9 Å². The second kappa shape index (κ2) is 7.48. The highest BCUT2D eigenvalue weighted by Crippen LogP contribution is 2.28. The Morgan fingerprint density at radius 3 is 2.93 bits per heavy atom. The lowest BCUT2D eigenvalue weighted by Crippen LogP contribution is -2.21. The molecule has 0 aliphatic carbocycles. The summed E-state index contributed by atoms with van der Waals surface area (Å²) >= 11 is 0. The molecule has 0 bridgehead atoms. The van der Waals surface area contributed by atoms with Gasteiger partial charge in [-0.3, -0.25) is 4.57 Å². The van der Waals surface area contributed by atoms with Crippen LogP contribution in [-0.2, 0) is 4.74 Å². The van der Waals surface area contributed by atoms with Crippen molar-refractivity contribution < 1.29 is 9.13 Å². The van der Waals surface area contributed by atoms with Crippen molar-refractivity contribution in [2.45, 2.75) is 6.04 Å². The van der Waals surface area contributed by atoms with Gasteiger partial charge in [0.05, 0.1) is 24.0 Å². The van der Waals surface area contributed by atoms with Gasteiger partial charge in [0.15, 0.2) is 11.5 Å². The third-order valence-electron chi connectivity index (χ3n) is 4.70. The number of aromatic nitrogens is 7. The van der Waals surface area contributed by atoms with Gasteiger partial charge in [0, 0.05) is 19.4 Å². The molecule has 1 atom stereocenters. The van der Waals surface area contributed by atoms with E-state index in [2.05, 4.69) is 30.2 Å². The summed E-state index contributed by atoms with van der Waals surface area (Å²) in [5.41, 5.74) is 2.48. The van der Waals surface area contributed by atoms with Gasteiger partial charge in [-0.05, 0) is 24.3 Å². The van der Waals surface area contributed by atoms with E-state index in [9.17, 15) is 4.39 Å². The fourth-order valence-corrected chi connectivity index (χ4v) is 3.41. The Kier molecular flexibility index (Phi) is 4.52. The number of nitrogens with one attached hydrogen (secondary N) is 2. The fourth-order valence-electron chi connectivity index (χ4n) is 3.41. The molecule has 2 N–H and O–H groups in total. The Hall–Kier alpha value is -3.92. The minimum atomic E-state index is -0.408. The number of ether oxygens (including phenoxy) is 1. The molecule has 9 nitrogen and oxygen atoms in total. The predicted octanol–water partition coefficient (Wildman–Crippen LogP) is 3.03. The van der Waals surface area contributed by atoms with Gasteiger partial charge in [-0.1, -0.05) is 6.07 Å². The first kappa shape index (κ1) is 18.1. The second-order valence-electron chi connectivity index (χ2n) is 6.60. The first-order valence-electron chi connectivity index (χ1n) is 9.23. The molecule has 5 rings (SSSR count). The van der Waals surface area contributed by atoms with Crippen molar-refractivity contribution in [2.75, 3.05) is 19.0 Å². The van der Waals surface area contributed by atoms with Gasteiger partial charge in [0.25, 0.3) is 0 Å². The quantitative estimate of drug-likeness (QED) is 0.448. The SMILES string of the molecule is COC[C@H](Nc1ncnc2nc[nH]c12)c1nc2ccc(F)cc2n1-c1ccccn1. The molecule has 0 saturated carbocycles. The summed E-state index contributed by atoms with van der Waals surface area (Å²) in [4.78, 5) is 24.9. The lowest BCUT2D eigenvalue weighted by atomic mass is 10.2. The van der Waals surface area contributed by atoms with Crippen LogP contribution in [0, 0.1) is 5.82 Å². The van der Waals surface area contributed by atoms with E-state index in [1.54, 1.807) is 25.7 Å². The molecule has 1 aromatic carbocycles. The van der Waals surface area contributed by atoms with Gasteiger partial charge in [-0.15, -0.1) is 0 Å². The Morgan fingerprint density at radius 1 is 1.17 bits per heavy atom. The Morgan fingerprint density at radius 2 is 2.10 bits per heavy atom. The van der Waals surface area contributed by atoms with E-state index < -0.39 is 6.04 Å². The Bertz CT molecular complexity index is 1320. The van der Waals surface area contributed by atoms with Crippen molar-refractivity contribution in [3.63, 3.8) is 0 Å². The minimum Gasteiger partial charge on any atom is -0.382 e. The molecule has 4 heterocycles. The number of methoxy groups -OCH3 is 1. The number of imidazole rings is 2. The zero-order valence-corrected chi connectivity index (χ0v) is 16.0. The number of hydrogen-bond acceptors (Lipinski definition) is 7. The van der Waals surface area contributed by atoms with Crippen LogP contribution in [0.5, 0.6) is 0 Å². The maximum Gasteiger partial charge on any atom is 0.182 e. The van der Waals surface area contributed by atoms with Crippen LogP contribution in [-0.4, -0.2) is 48.2 Å². The largest absolute Gasteiger partial charge is 0.382 e. The van der Waals surface area contributed by atoms with Crippen LogP contribution in [0.4, 0.5) is 10.2 Å². The maximum absolute atomic E-state index is 14.0. The van der Waals surface area contributed by atoms with Gasteiger partial charge in [0.1, 0.15) is 35.3 Å². The monoisotopic (exact) mass is 404 g/mol. The number of halogens is 1. The molecule has 10 heteroatoms. The second-order valence-corrected chi connectivity index (χ2v) is 6.60. The van der Waals surface area contributed by atoms with E-state index in [0.29, 0.717) is 39.7 Å². The summed E-state index contributed by atoms with van der Waals surface area (Å²) in [6.45, 7) is 0.290. The lowest BCUT2D eigenvalue weighted by Gasteiger charge is -2.19. The number of benzene rings is 1. The highest BCUT2D eigenvalue weighted by atomic mass is 19.1. The number of fused-ring (bicyclic) bond motifs is 2. The Labute approximate surface area is 170 Å². The van der Waals surface area contributed by atoms with E-state index in [0.717, 1.165) is 0 Å². The summed E-state index contributed by atoms with van der Waals surface area (Å²) in [5, 5.41) is 3.36. The lowest BCUT2D eigenvalue weighted by molar-refractivity contribution is 0.183. The van der Waals surface area contributed by atoms with Crippen LogP contribution >= 0.6 is 0 Å². The topological polar surface area (TPSA) is 106 Å². The van der Waals surface area contributed by atoms with E-state index in [1.165, 1.54) is 18.5 Å². The molecule has 150 valence electrons. The third-order valence-corrected chi connectivity index (χ3v) is 4.70. The number of H-pyrrole nitrogens is 1. The summed E-state index contributed by atoms with van der Waals surface area (Å²) < 4.78 is 21.3. The number of nitrogens with zero attached hydrogens (tertiary/aromatic N) is 6. The third kappa shape index (κ3) is 3.12. The molecule has 0 radical (unpaired) electrons. The highest BCUT2D eigenvalue weighted by molar-refractivity contribution is 5.82. The van der Waals surface area contributed by atoms with E-state index in [-0.39, 0.29) is 12.4 Å². The summed E-state index contributed by atoms with van der Waals surface area (Å²) in [7, 11) is 1.61. The van der Waals surface area contributed by atoms with Crippen LogP contribution < -0.4 is 5.32 Å².